The Labute approximate surface area is 159 Å². The molecule has 0 aromatic heterocycles. The van der Waals surface area contributed by atoms with Crippen molar-refractivity contribution in [1.29, 1.82) is 0 Å². The molecule has 1 heterocycles. The molecule has 6 heteroatoms. The van der Waals surface area contributed by atoms with E-state index in [1.54, 1.807) is 23.9 Å². The van der Waals surface area contributed by atoms with Crippen LogP contribution >= 0.6 is 39.3 Å². The van der Waals surface area contributed by atoms with Gasteiger partial charge in [-0.05, 0) is 43.2 Å². The van der Waals surface area contributed by atoms with E-state index >= 15 is 0 Å². The third-order valence-electron chi connectivity index (χ3n) is 3.76. The summed E-state index contributed by atoms with van der Waals surface area (Å²) in [6.45, 7) is 0.843. The summed E-state index contributed by atoms with van der Waals surface area (Å²) in [5, 5.41) is 3.39. The molecule has 1 amide bonds. The van der Waals surface area contributed by atoms with Crippen molar-refractivity contribution in [3.8, 4) is 0 Å². The summed E-state index contributed by atoms with van der Waals surface area (Å²) in [4.78, 5) is 13.6. The van der Waals surface area contributed by atoms with Gasteiger partial charge in [-0.25, -0.2) is 0 Å². The molecule has 0 radical (unpaired) electrons. The van der Waals surface area contributed by atoms with E-state index in [0.29, 0.717) is 16.3 Å². The van der Waals surface area contributed by atoms with Gasteiger partial charge in [0, 0.05) is 21.7 Å². The predicted octanol–water partition coefficient (Wildman–Crippen LogP) is 5.63. The van der Waals surface area contributed by atoms with Gasteiger partial charge in [-0.15, -0.1) is 11.8 Å². The first kappa shape index (κ1) is 17.8. The van der Waals surface area contributed by atoms with E-state index in [1.807, 2.05) is 30.3 Å². The second-order valence-corrected chi connectivity index (χ2v) is 7.91. The Morgan fingerprint density at radius 2 is 2.17 bits per heavy atom. The van der Waals surface area contributed by atoms with E-state index in [2.05, 4.69) is 21.2 Å². The summed E-state index contributed by atoms with van der Waals surface area (Å²) < 4.78 is 6.53. The molecule has 1 aliphatic rings. The first-order valence-electron chi connectivity index (χ1n) is 7.73. The number of hydrogen-bond acceptors (Lipinski definition) is 3. The van der Waals surface area contributed by atoms with Crippen LogP contribution in [0.4, 0.5) is 5.69 Å². The van der Waals surface area contributed by atoms with Crippen LogP contribution in [0.2, 0.25) is 5.02 Å². The van der Waals surface area contributed by atoms with E-state index in [4.69, 9.17) is 16.3 Å². The molecule has 1 N–H and O–H groups in total. The zero-order valence-corrected chi connectivity index (χ0v) is 16.1. The standard InChI is InChI=1S/C18H17BrClNO2S/c19-12-7-8-16(15(20)10-12)21-18(22)14-5-1-2-6-17(14)24-11-13-4-3-9-23-13/h1-2,5-8,10,13H,3-4,9,11H2,(H,21,22). The van der Waals surface area contributed by atoms with E-state index < -0.39 is 0 Å². The molecule has 2 aromatic carbocycles. The lowest BCUT2D eigenvalue weighted by molar-refractivity contribution is 0.102. The Kier molecular flexibility index (Phi) is 6.22. The van der Waals surface area contributed by atoms with Crippen molar-refractivity contribution in [1.82, 2.24) is 0 Å². The van der Waals surface area contributed by atoms with Gasteiger partial charge in [0.25, 0.3) is 5.91 Å². The third-order valence-corrected chi connectivity index (χ3v) is 5.77. The minimum atomic E-state index is -0.158. The highest BCUT2D eigenvalue weighted by molar-refractivity contribution is 9.10. The number of carbonyl (C=O) groups is 1. The van der Waals surface area contributed by atoms with Gasteiger partial charge in [0.1, 0.15) is 0 Å². The topological polar surface area (TPSA) is 38.3 Å². The molecule has 1 unspecified atom stereocenters. The first-order valence-corrected chi connectivity index (χ1v) is 9.89. The summed E-state index contributed by atoms with van der Waals surface area (Å²) in [5.41, 5.74) is 1.25. The van der Waals surface area contributed by atoms with Gasteiger partial charge < -0.3 is 10.1 Å². The van der Waals surface area contributed by atoms with E-state index in [0.717, 1.165) is 34.6 Å². The second-order valence-electron chi connectivity index (χ2n) is 5.52. The van der Waals surface area contributed by atoms with Gasteiger partial charge in [0.2, 0.25) is 0 Å². The molecule has 0 saturated carbocycles. The molecule has 0 bridgehead atoms. The average Bonchev–Trinajstić information content (AvgIpc) is 3.09. The van der Waals surface area contributed by atoms with E-state index in [-0.39, 0.29) is 12.0 Å². The zero-order chi connectivity index (χ0) is 16.9. The lowest BCUT2D eigenvalue weighted by atomic mass is 10.2. The van der Waals surface area contributed by atoms with Crippen molar-refractivity contribution in [2.75, 3.05) is 17.7 Å². The molecule has 2 aromatic rings. The normalized spacial score (nSPS) is 17.0. The van der Waals surface area contributed by atoms with Crippen LogP contribution in [0.1, 0.15) is 23.2 Å². The van der Waals surface area contributed by atoms with Gasteiger partial charge >= 0.3 is 0 Å². The van der Waals surface area contributed by atoms with Gasteiger partial charge in [0.05, 0.1) is 22.4 Å². The summed E-state index contributed by atoms with van der Waals surface area (Å²) in [6, 6.07) is 13.0. The van der Waals surface area contributed by atoms with Crippen molar-refractivity contribution < 1.29 is 9.53 Å². The molecule has 1 aliphatic heterocycles. The maximum atomic E-state index is 12.6. The molecule has 0 spiro atoms. The number of amides is 1. The Hall–Kier alpha value is -1.01. The number of thioether (sulfide) groups is 1. The predicted molar refractivity (Wildman–Crippen MR) is 103 cm³/mol. The molecule has 1 fully saturated rings. The maximum Gasteiger partial charge on any atom is 0.256 e. The number of anilines is 1. The van der Waals surface area contributed by atoms with Crippen LogP contribution in [-0.2, 0) is 4.74 Å². The highest BCUT2D eigenvalue weighted by Crippen LogP contribution is 2.29. The van der Waals surface area contributed by atoms with Gasteiger partial charge in [-0.1, -0.05) is 39.7 Å². The van der Waals surface area contributed by atoms with Crippen LogP contribution in [-0.4, -0.2) is 24.4 Å². The fourth-order valence-electron chi connectivity index (χ4n) is 2.52. The quantitative estimate of drug-likeness (QED) is 0.630. The van der Waals surface area contributed by atoms with Crippen LogP contribution in [0.15, 0.2) is 51.8 Å². The minimum absolute atomic E-state index is 0.158. The number of carbonyl (C=O) groups excluding carboxylic acids is 1. The summed E-state index contributed by atoms with van der Waals surface area (Å²) in [5.74, 6) is 0.707. The van der Waals surface area contributed by atoms with Crippen LogP contribution < -0.4 is 5.32 Å². The fraction of sp³-hybridized carbons (Fsp3) is 0.278. The molecule has 3 nitrogen and oxygen atoms in total. The Morgan fingerprint density at radius 1 is 1.33 bits per heavy atom. The van der Waals surface area contributed by atoms with Gasteiger partial charge in [-0.3, -0.25) is 4.79 Å². The molecule has 1 atom stereocenters. The lowest BCUT2D eigenvalue weighted by Gasteiger charge is -2.13. The molecular formula is C18H17BrClNO2S. The Morgan fingerprint density at radius 3 is 2.92 bits per heavy atom. The molecular weight excluding hydrogens is 410 g/mol. The second kappa shape index (κ2) is 8.39. The highest BCUT2D eigenvalue weighted by atomic mass is 79.9. The number of rotatable bonds is 5. The number of ether oxygens (including phenoxy) is 1. The molecule has 24 heavy (non-hydrogen) atoms. The van der Waals surface area contributed by atoms with Crippen LogP contribution in [0.5, 0.6) is 0 Å². The Bertz CT molecular complexity index is 735. The van der Waals surface area contributed by atoms with Crippen molar-refractivity contribution in [3.63, 3.8) is 0 Å². The molecule has 126 valence electrons. The number of benzene rings is 2. The summed E-state index contributed by atoms with van der Waals surface area (Å²) in [7, 11) is 0. The van der Waals surface area contributed by atoms with Crippen LogP contribution in [0.3, 0.4) is 0 Å². The number of nitrogens with one attached hydrogen (secondary N) is 1. The lowest BCUT2D eigenvalue weighted by Crippen LogP contribution is -2.14. The van der Waals surface area contributed by atoms with Crippen molar-refractivity contribution in [3.05, 3.63) is 57.5 Å². The number of halogens is 2. The van der Waals surface area contributed by atoms with Crippen molar-refractivity contribution in [2.45, 2.75) is 23.8 Å². The van der Waals surface area contributed by atoms with E-state index in [9.17, 15) is 4.79 Å². The highest BCUT2D eigenvalue weighted by Gasteiger charge is 2.18. The Balaban J connectivity index is 1.72. The number of hydrogen-bond donors (Lipinski definition) is 1. The average molecular weight is 427 g/mol. The third kappa shape index (κ3) is 4.54. The monoisotopic (exact) mass is 425 g/mol. The first-order chi connectivity index (χ1) is 11.6. The SMILES string of the molecule is O=C(Nc1ccc(Br)cc1Cl)c1ccccc1SCC1CCCO1. The smallest absolute Gasteiger partial charge is 0.256 e. The summed E-state index contributed by atoms with van der Waals surface area (Å²) in [6.07, 6.45) is 2.50. The van der Waals surface area contributed by atoms with E-state index in [1.165, 1.54) is 0 Å². The molecule has 1 saturated heterocycles. The molecule has 0 aliphatic carbocycles. The zero-order valence-electron chi connectivity index (χ0n) is 12.9. The molecule has 3 rings (SSSR count). The van der Waals surface area contributed by atoms with Crippen LogP contribution in [0.25, 0.3) is 0 Å². The van der Waals surface area contributed by atoms with Crippen LogP contribution in [0, 0.1) is 0 Å². The van der Waals surface area contributed by atoms with Gasteiger partial charge in [0.15, 0.2) is 0 Å². The largest absolute Gasteiger partial charge is 0.377 e. The fourth-order valence-corrected chi connectivity index (χ4v) is 4.36. The van der Waals surface area contributed by atoms with Crippen molar-refractivity contribution in [2.24, 2.45) is 0 Å². The maximum absolute atomic E-state index is 12.6. The van der Waals surface area contributed by atoms with Gasteiger partial charge in [-0.2, -0.15) is 0 Å². The summed E-state index contributed by atoms with van der Waals surface area (Å²) >= 11 is 11.2. The van der Waals surface area contributed by atoms with Crippen molar-refractivity contribution >= 4 is 50.9 Å². The minimum Gasteiger partial charge on any atom is -0.377 e.